The van der Waals surface area contributed by atoms with Crippen LogP contribution in [0.2, 0.25) is 0 Å². The van der Waals surface area contributed by atoms with Gasteiger partial charge in [-0.25, -0.2) is 9.97 Å². The van der Waals surface area contributed by atoms with Crippen LogP contribution in [0, 0.1) is 0 Å². The second-order valence-corrected chi connectivity index (χ2v) is 6.10. The van der Waals surface area contributed by atoms with Crippen molar-refractivity contribution in [1.29, 1.82) is 0 Å². The molecule has 0 aliphatic rings. The molecule has 2 N–H and O–H groups in total. The Morgan fingerprint density at radius 2 is 1.88 bits per heavy atom. The van der Waals surface area contributed by atoms with E-state index >= 15 is 0 Å². The number of rotatable bonds is 6. The molecule has 132 valence electrons. The molecule has 0 fully saturated rings. The lowest BCUT2D eigenvalue weighted by atomic mass is 10.2. The number of aromatic nitrogens is 2. The molecule has 0 bridgehead atoms. The fourth-order valence-corrected chi connectivity index (χ4v) is 2.45. The summed E-state index contributed by atoms with van der Waals surface area (Å²) < 4.78 is 0. The zero-order valence-electron chi connectivity index (χ0n) is 14.8. The molecule has 3 aromatic rings. The Morgan fingerprint density at radius 1 is 1.08 bits per heavy atom. The molecule has 6 heteroatoms. The van der Waals surface area contributed by atoms with Gasteiger partial charge in [-0.15, -0.1) is 0 Å². The molecule has 1 heterocycles. The van der Waals surface area contributed by atoms with Crippen molar-refractivity contribution in [3.8, 4) is 0 Å². The summed E-state index contributed by atoms with van der Waals surface area (Å²) in [7, 11) is 3.90. The van der Waals surface area contributed by atoms with Gasteiger partial charge < -0.3 is 15.5 Å². The number of carbonyl (C=O) groups is 1. The normalized spacial score (nSPS) is 11.2. The number of para-hydroxylation sites is 1. The molecule has 0 aliphatic carbocycles. The average Bonchev–Trinajstić information content (AvgIpc) is 2.63. The van der Waals surface area contributed by atoms with E-state index in [1.807, 2.05) is 73.6 Å². The van der Waals surface area contributed by atoms with Crippen molar-refractivity contribution < 1.29 is 4.79 Å². The van der Waals surface area contributed by atoms with E-state index in [1.165, 1.54) is 12.4 Å². The first-order valence-corrected chi connectivity index (χ1v) is 8.31. The van der Waals surface area contributed by atoms with Gasteiger partial charge in [0.15, 0.2) is 0 Å². The van der Waals surface area contributed by atoms with Crippen molar-refractivity contribution >= 4 is 34.0 Å². The van der Waals surface area contributed by atoms with Gasteiger partial charge in [0.2, 0.25) is 5.91 Å². The fraction of sp³-hybridized carbons (Fsp3) is 0.150. The lowest BCUT2D eigenvalue weighted by Gasteiger charge is -2.10. The topological polar surface area (TPSA) is 70.2 Å². The summed E-state index contributed by atoms with van der Waals surface area (Å²) in [5.41, 5.74) is 2.44. The van der Waals surface area contributed by atoms with Crippen LogP contribution >= 0.6 is 0 Å². The summed E-state index contributed by atoms with van der Waals surface area (Å²) in [5, 5.41) is 7.00. The second kappa shape index (κ2) is 8.22. The maximum atomic E-state index is 12.0. The molecule has 26 heavy (non-hydrogen) atoms. The van der Waals surface area contributed by atoms with Crippen molar-refractivity contribution in [2.45, 2.75) is 0 Å². The highest BCUT2D eigenvalue weighted by Gasteiger charge is 2.06. The van der Waals surface area contributed by atoms with E-state index in [9.17, 15) is 4.79 Å². The van der Waals surface area contributed by atoms with Gasteiger partial charge in [-0.05, 0) is 44.4 Å². The van der Waals surface area contributed by atoms with Crippen LogP contribution in [0.25, 0.3) is 10.9 Å². The second-order valence-electron chi connectivity index (χ2n) is 6.10. The Kier molecular flexibility index (Phi) is 5.56. The van der Waals surface area contributed by atoms with Gasteiger partial charge in [-0.1, -0.05) is 24.3 Å². The molecule has 6 nitrogen and oxygen atoms in total. The van der Waals surface area contributed by atoms with Crippen molar-refractivity contribution in [2.24, 2.45) is 0 Å². The maximum absolute atomic E-state index is 12.0. The van der Waals surface area contributed by atoms with Crippen molar-refractivity contribution in [3.63, 3.8) is 0 Å². The number of benzene rings is 2. The lowest BCUT2D eigenvalue weighted by Crippen LogP contribution is -2.12. The number of hydrogen-bond donors (Lipinski definition) is 2. The number of hydrogen-bond acceptors (Lipinski definition) is 5. The van der Waals surface area contributed by atoms with Crippen LogP contribution in [0.3, 0.4) is 0 Å². The summed E-state index contributed by atoms with van der Waals surface area (Å²) in [6, 6.07) is 15.4. The smallest absolute Gasteiger partial charge is 0.248 e. The number of amides is 1. The lowest BCUT2D eigenvalue weighted by molar-refractivity contribution is -0.111. The van der Waals surface area contributed by atoms with Crippen molar-refractivity contribution in [1.82, 2.24) is 14.9 Å². The Labute approximate surface area is 152 Å². The third-order valence-electron chi connectivity index (χ3n) is 3.68. The third kappa shape index (κ3) is 4.64. The summed E-state index contributed by atoms with van der Waals surface area (Å²) in [6.07, 6.45) is 4.88. The van der Waals surface area contributed by atoms with E-state index < -0.39 is 0 Å². The number of anilines is 3. The summed E-state index contributed by atoms with van der Waals surface area (Å²) in [6.45, 7) is 0.712. The minimum absolute atomic E-state index is 0.166. The molecule has 0 spiro atoms. The summed E-state index contributed by atoms with van der Waals surface area (Å²) in [4.78, 5) is 22.7. The molecule has 0 atom stereocenters. The SMILES string of the molecule is CN(C)CC=CC(=O)Nc1ccc2ncnc(Nc3ccccc3)c2c1. The van der Waals surface area contributed by atoms with Crippen LogP contribution < -0.4 is 10.6 Å². The minimum atomic E-state index is -0.166. The van der Waals surface area contributed by atoms with E-state index in [0.717, 1.165) is 16.6 Å². The molecule has 1 amide bonds. The Bertz CT molecular complexity index is 922. The first-order valence-electron chi connectivity index (χ1n) is 8.31. The Morgan fingerprint density at radius 3 is 2.65 bits per heavy atom. The molecule has 2 aromatic carbocycles. The van der Waals surface area contributed by atoms with E-state index in [1.54, 1.807) is 0 Å². The molecular weight excluding hydrogens is 326 g/mol. The molecule has 0 aliphatic heterocycles. The van der Waals surface area contributed by atoms with Crippen LogP contribution in [0.4, 0.5) is 17.2 Å². The van der Waals surface area contributed by atoms with Crippen LogP contribution in [0.15, 0.2) is 67.0 Å². The molecule has 0 radical (unpaired) electrons. The average molecular weight is 347 g/mol. The first-order chi connectivity index (χ1) is 12.6. The Balaban J connectivity index is 1.82. The highest BCUT2D eigenvalue weighted by molar-refractivity contribution is 6.01. The van der Waals surface area contributed by atoms with Gasteiger partial charge in [0.25, 0.3) is 0 Å². The fourth-order valence-electron chi connectivity index (χ4n) is 2.45. The monoisotopic (exact) mass is 347 g/mol. The zero-order valence-corrected chi connectivity index (χ0v) is 14.8. The summed E-state index contributed by atoms with van der Waals surface area (Å²) in [5.74, 6) is 0.529. The first kappa shape index (κ1) is 17.6. The van der Waals surface area contributed by atoms with E-state index in [-0.39, 0.29) is 5.91 Å². The minimum Gasteiger partial charge on any atom is -0.340 e. The molecule has 1 aromatic heterocycles. The van der Waals surface area contributed by atoms with E-state index in [0.29, 0.717) is 18.1 Å². The van der Waals surface area contributed by atoms with Crippen LogP contribution in [0.5, 0.6) is 0 Å². The molecule has 3 rings (SSSR count). The third-order valence-corrected chi connectivity index (χ3v) is 3.68. The largest absolute Gasteiger partial charge is 0.340 e. The predicted octanol–water partition coefficient (Wildman–Crippen LogP) is 3.43. The van der Waals surface area contributed by atoms with E-state index in [4.69, 9.17) is 0 Å². The molecule has 0 saturated heterocycles. The predicted molar refractivity (Wildman–Crippen MR) is 106 cm³/mol. The highest BCUT2D eigenvalue weighted by atomic mass is 16.1. The highest BCUT2D eigenvalue weighted by Crippen LogP contribution is 2.25. The van der Waals surface area contributed by atoms with Crippen LogP contribution in [-0.4, -0.2) is 41.4 Å². The van der Waals surface area contributed by atoms with Crippen LogP contribution in [-0.2, 0) is 4.79 Å². The van der Waals surface area contributed by atoms with Crippen molar-refractivity contribution in [3.05, 3.63) is 67.0 Å². The van der Waals surface area contributed by atoms with Gasteiger partial charge in [0, 0.05) is 29.4 Å². The van der Waals surface area contributed by atoms with Gasteiger partial charge in [0.05, 0.1) is 5.52 Å². The summed E-state index contributed by atoms with van der Waals surface area (Å²) >= 11 is 0. The van der Waals surface area contributed by atoms with Gasteiger partial charge in [-0.2, -0.15) is 0 Å². The van der Waals surface area contributed by atoms with Gasteiger partial charge in [0.1, 0.15) is 12.1 Å². The number of nitrogens with zero attached hydrogens (tertiary/aromatic N) is 3. The van der Waals surface area contributed by atoms with Crippen LogP contribution in [0.1, 0.15) is 0 Å². The van der Waals surface area contributed by atoms with Gasteiger partial charge in [-0.3, -0.25) is 4.79 Å². The van der Waals surface area contributed by atoms with E-state index in [2.05, 4.69) is 20.6 Å². The Hall–Kier alpha value is -3.25. The molecule has 0 saturated carbocycles. The number of fused-ring (bicyclic) bond motifs is 1. The maximum Gasteiger partial charge on any atom is 0.248 e. The quantitative estimate of drug-likeness (QED) is 0.669. The number of likely N-dealkylation sites (N-methyl/N-ethyl adjacent to an activating group) is 1. The number of carbonyl (C=O) groups excluding carboxylic acids is 1. The zero-order chi connectivity index (χ0) is 18.4. The molecule has 0 unspecified atom stereocenters. The van der Waals surface area contributed by atoms with Gasteiger partial charge >= 0.3 is 0 Å². The van der Waals surface area contributed by atoms with Crippen molar-refractivity contribution in [2.75, 3.05) is 31.3 Å². The number of nitrogens with one attached hydrogen (secondary N) is 2. The molecular formula is C20H21N5O. The standard InChI is InChI=1S/C20H21N5O/c1-25(2)12-6-9-19(26)23-16-10-11-18-17(13-16)20(22-14-21-18)24-15-7-4-3-5-8-15/h3-11,13-14H,12H2,1-2H3,(H,23,26)(H,21,22,24).